The van der Waals surface area contributed by atoms with E-state index in [-0.39, 0.29) is 0 Å². The van der Waals surface area contributed by atoms with Gasteiger partial charge < -0.3 is 10.2 Å². The summed E-state index contributed by atoms with van der Waals surface area (Å²) in [6.07, 6.45) is 1.97. The minimum Gasteiger partial charge on any atom is -0.341 e. The van der Waals surface area contributed by atoms with Crippen molar-refractivity contribution < 1.29 is 0 Å². The molecule has 4 heteroatoms. The molecule has 0 aliphatic heterocycles. The molecule has 0 aromatic carbocycles. The molecule has 1 rings (SSSR count). The molecule has 18 heavy (non-hydrogen) atoms. The van der Waals surface area contributed by atoms with Crippen LogP contribution in [0.1, 0.15) is 51.8 Å². The topological polar surface area (TPSA) is 41.1 Å². The number of anilines is 1. The van der Waals surface area contributed by atoms with Gasteiger partial charge in [0, 0.05) is 31.4 Å². The molecule has 0 bridgehead atoms. The Morgan fingerprint density at radius 1 is 1.22 bits per heavy atom. The average Bonchev–Trinajstić information content (AvgIpc) is 2.38. The van der Waals surface area contributed by atoms with Crippen molar-refractivity contribution >= 4 is 5.95 Å². The summed E-state index contributed by atoms with van der Waals surface area (Å²) in [5, 5.41) is 3.34. The maximum atomic E-state index is 4.74. The van der Waals surface area contributed by atoms with Gasteiger partial charge in [-0.05, 0) is 26.3 Å². The van der Waals surface area contributed by atoms with Crippen LogP contribution in [0.4, 0.5) is 5.95 Å². The van der Waals surface area contributed by atoms with Gasteiger partial charge in [0.15, 0.2) is 0 Å². The molecule has 1 heterocycles. The van der Waals surface area contributed by atoms with E-state index in [1.165, 1.54) is 5.56 Å². The van der Waals surface area contributed by atoms with Gasteiger partial charge in [-0.1, -0.05) is 20.8 Å². The number of aromatic nitrogens is 2. The zero-order chi connectivity index (χ0) is 13.5. The molecule has 1 aromatic heterocycles. The predicted octanol–water partition coefficient (Wildman–Crippen LogP) is 2.56. The Hall–Kier alpha value is -1.16. The average molecular weight is 250 g/mol. The van der Waals surface area contributed by atoms with Crippen molar-refractivity contribution in [2.45, 2.75) is 47.1 Å². The molecule has 1 N–H and O–H groups in total. The maximum absolute atomic E-state index is 4.74. The zero-order valence-corrected chi connectivity index (χ0v) is 12.3. The summed E-state index contributed by atoms with van der Waals surface area (Å²) in [6.45, 7) is 14.5. The molecular weight excluding hydrogens is 224 g/mol. The second-order valence-corrected chi connectivity index (χ2v) is 4.69. The molecule has 0 radical (unpaired) electrons. The Morgan fingerprint density at radius 3 is 2.39 bits per heavy atom. The second-order valence-electron chi connectivity index (χ2n) is 4.69. The van der Waals surface area contributed by atoms with Crippen molar-refractivity contribution in [3.8, 4) is 0 Å². The fourth-order valence-electron chi connectivity index (χ4n) is 1.96. The summed E-state index contributed by atoms with van der Waals surface area (Å²) in [7, 11) is 0. The van der Waals surface area contributed by atoms with Gasteiger partial charge in [0.05, 0.1) is 5.69 Å². The van der Waals surface area contributed by atoms with Crippen LogP contribution in [0.5, 0.6) is 0 Å². The summed E-state index contributed by atoms with van der Waals surface area (Å²) < 4.78 is 0. The summed E-state index contributed by atoms with van der Waals surface area (Å²) in [6, 6.07) is 0. The van der Waals surface area contributed by atoms with Crippen LogP contribution in [0.25, 0.3) is 0 Å². The Morgan fingerprint density at radius 2 is 1.89 bits per heavy atom. The third-order valence-corrected chi connectivity index (χ3v) is 3.04. The molecule has 0 spiro atoms. The standard InChI is InChI=1S/C14H26N4/c1-6-15-9-12-10-16-14(18(7-2)8-3)17-13(12)11(4)5/h10-11,15H,6-9H2,1-5H3. The van der Waals surface area contributed by atoms with Gasteiger partial charge in [-0.25, -0.2) is 9.97 Å². The first kappa shape index (κ1) is 14.9. The number of rotatable bonds is 7. The van der Waals surface area contributed by atoms with Crippen LogP contribution in [0.15, 0.2) is 6.20 Å². The van der Waals surface area contributed by atoms with Gasteiger partial charge in [-0.15, -0.1) is 0 Å². The smallest absolute Gasteiger partial charge is 0.225 e. The van der Waals surface area contributed by atoms with E-state index in [1.807, 2.05) is 6.20 Å². The van der Waals surface area contributed by atoms with Gasteiger partial charge in [0.1, 0.15) is 0 Å². The van der Waals surface area contributed by atoms with E-state index in [2.05, 4.69) is 49.8 Å². The number of hydrogen-bond acceptors (Lipinski definition) is 4. The highest BCUT2D eigenvalue weighted by atomic mass is 15.2. The normalized spacial score (nSPS) is 11.0. The van der Waals surface area contributed by atoms with Gasteiger partial charge in [0.2, 0.25) is 5.95 Å². The van der Waals surface area contributed by atoms with E-state index in [0.717, 1.165) is 37.8 Å². The number of nitrogens with one attached hydrogen (secondary N) is 1. The van der Waals surface area contributed by atoms with E-state index >= 15 is 0 Å². The highest BCUT2D eigenvalue weighted by Crippen LogP contribution is 2.19. The number of nitrogens with zero attached hydrogens (tertiary/aromatic N) is 3. The molecule has 0 amide bonds. The van der Waals surface area contributed by atoms with Crippen molar-refractivity contribution in [1.82, 2.24) is 15.3 Å². The molecule has 1 aromatic rings. The summed E-state index contributed by atoms with van der Waals surface area (Å²) in [5.41, 5.74) is 2.37. The highest BCUT2D eigenvalue weighted by molar-refractivity contribution is 5.34. The summed E-state index contributed by atoms with van der Waals surface area (Å²) in [5.74, 6) is 1.28. The molecule has 102 valence electrons. The largest absolute Gasteiger partial charge is 0.341 e. The monoisotopic (exact) mass is 250 g/mol. The molecule has 0 fully saturated rings. The van der Waals surface area contributed by atoms with Crippen LogP contribution in [0.3, 0.4) is 0 Å². The highest BCUT2D eigenvalue weighted by Gasteiger charge is 2.13. The lowest BCUT2D eigenvalue weighted by atomic mass is 10.1. The Labute approximate surface area is 111 Å². The lowest BCUT2D eigenvalue weighted by Crippen LogP contribution is -2.25. The molecule has 0 atom stereocenters. The summed E-state index contributed by atoms with van der Waals surface area (Å²) >= 11 is 0. The van der Waals surface area contributed by atoms with Crippen molar-refractivity contribution in [3.05, 3.63) is 17.5 Å². The summed E-state index contributed by atoms with van der Waals surface area (Å²) in [4.78, 5) is 11.4. The van der Waals surface area contributed by atoms with Crippen LogP contribution < -0.4 is 10.2 Å². The van der Waals surface area contributed by atoms with Crippen LogP contribution in [-0.4, -0.2) is 29.6 Å². The van der Waals surface area contributed by atoms with Gasteiger partial charge >= 0.3 is 0 Å². The van der Waals surface area contributed by atoms with E-state index in [1.54, 1.807) is 0 Å². The Kier molecular flexibility index (Phi) is 6.05. The van der Waals surface area contributed by atoms with Crippen LogP contribution in [0, 0.1) is 0 Å². The molecule has 4 nitrogen and oxygen atoms in total. The second kappa shape index (κ2) is 7.31. The third-order valence-electron chi connectivity index (χ3n) is 3.04. The lowest BCUT2D eigenvalue weighted by Gasteiger charge is -2.21. The zero-order valence-electron chi connectivity index (χ0n) is 12.3. The van der Waals surface area contributed by atoms with E-state index in [9.17, 15) is 0 Å². The van der Waals surface area contributed by atoms with Crippen molar-refractivity contribution in [2.75, 3.05) is 24.5 Å². The Bertz CT molecular complexity index is 359. The van der Waals surface area contributed by atoms with E-state index in [0.29, 0.717) is 5.92 Å². The molecule has 0 saturated heterocycles. The predicted molar refractivity (Wildman–Crippen MR) is 77.1 cm³/mol. The quantitative estimate of drug-likeness (QED) is 0.807. The third kappa shape index (κ3) is 3.67. The fraction of sp³-hybridized carbons (Fsp3) is 0.714. The van der Waals surface area contributed by atoms with Crippen molar-refractivity contribution in [1.29, 1.82) is 0 Å². The first-order chi connectivity index (χ1) is 8.63. The maximum Gasteiger partial charge on any atom is 0.225 e. The minimum atomic E-state index is 0.427. The fourth-order valence-corrected chi connectivity index (χ4v) is 1.96. The number of hydrogen-bond donors (Lipinski definition) is 1. The molecule has 0 unspecified atom stereocenters. The van der Waals surface area contributed by atoms with Crippen LogP contribution in [0.2, 0.25) is 0 Å². The molecule has 0 saturated carbocycles. The first-order valence-corrected chi connectivity index (χ1v) is 6.95. The molecule has 0 aliphatic rings. The Balaban J connectivity index is 3.02. The van der Waals surface area contributed by atoms with Gasteiger partial charge in [-0.2, -0.15) is 0 Å². The SMILES string of the molecule is CCNCc1cnc(N(CC)CC)nc1C(C)C. The van der Waals surface area contributed by atoms with E-state index < -0.39 is 0 Å². The van der Waals surface area contributed by atoms with Crippen molar-refractivity contribution in [2.24, 2.45) is 0 Å². The van der Waals surface area contributed by atoms with Gasteiger partial charge in [-0.3, -0.25) is 0 Å². The van der Waals surface area contributed by atoms with Crippen molar-refractivity contribution in [3.63, 3.8) is 0 Å². The van der Waals surface area contributed by atoms with Crippen LogP contribution >= 0.6 is 0 Å². The lowest BCUT2D eigenvalue weighted by molar-refractivity contribution is 0.688. The minimum absolute atomic E-state index is 0.427. The van der Waals surface area contributed by atoms with Crippen LogP contribution in [-0.2, 0) is 6.54 Å². The first-order valence-electron chi connectivity index (χ1n) is 6.95. The molecular formula is C14H26N4. The molecule has 0 aliphatic carbocycles. The van der Waals surface area contributed by atoms with Gasteiger partial charge in [0.25, 0.3) is 0 Å². The van der Waals surface area contributed by atoms with E-state index in [4.69, 9.17) is 4.98 Å².